The molecule has 0 aromatic heterocycles. The first-order valence-electron chi connectivity index (χ1n) is 4.11. The van der Waals surface area contributed by atoms with Crippen molar-refractivity contribution in [3.8, 4) is 0 Å². The Kier molecular flexibility index (Phi) is 10.2. The Balaban J connectivity index is 0. The Hall–Kier alpha value is -1.18. The predicted octanol–water partition coefficient (Wildman–Crippen LogP) is -1.08. The summed E-state index contributed by atoms with van der Waals surface area (Å²) >= 11 is 0. The first-order chi connectivity index (χ1) is 6.84. The summed E-state index contributed by atoms with van der Waals surface area (Å²) in [5, 5.41) is 32.4. The van der Waals surface area contributed by atoms with E-state index in [2.05, 4.69) is 4.74 Å². The number of rotatable bonds is 5. The second kappa shape index (κ2) is 9.38. The zero-order valence-electron chi connectivity index (χ0n) is 8.58. The van der Waals surface area contributed by atoms with Crippen LogP contribution in [-0.4, -0.2) is 58.3 Å². The number of aliphatic hydroxyl groups is 2. The van der Waals surface area contributed by atoms with Crippen LogP contribution in [0.25, 0.3) is 0 Å². The van der Waals surface area contributed by atoms with E-state index in [1.54, 1.807) is 0 Å². The third kappa shape index (κ3) is 12.8. The van der Waals surface area contributed by atoms with Crippen molar-refractivity contribution in [1.29, 1.82) is 0 Å². The molecule has 0 bridgehead atoms. The highest BCUT2D eigenvalue weighted by atomic mass is 16.5. The van der Waals surface area contributed by atoms with Crippen LogP contribution in [0.2, 0.25) is 0 Å². The molecule has 0 saturated carbocycles. The van der Waals surface area contributed by atoms with Gasteiger partial charge in [-0.1, -0.05) is 0 Å². The van der Waals surface area contributed by atoms with Gasteiger partial charge in [0.25, 0.3) is 0 Å². The Morgan fingerprint density at radius 2 is 1.73 bits per heavy atom. The van der Waals surface area contributed by atoms with Gasteiger partial charge in [0.2, 0.25) is 0 Å². The maximum atomic E-state index is 10.1. The van der Waals surface area contributed by atoms with Crippen molar-refractivity contribution in [3.05, 3.63) is 0 Å². The van der Waals surface area contributed by atoms with Gasteiger partial charge in [-0.3, -0.25) is 4.79 Å². The molecule has 90 valence electrons. The van der Waals surface area contributed by atoms with Gasteiger partial charge in [0.15, 0.2) is 6.10 Å². The molecular formula is C8H16O7. The smallest absolute Gasteiger partial charge is 0.333 e. The number of methoxy groups -OCH3 is 1. The highest BCUT2D eigenvalue weighted by Gasteiger charge is 2.19. The van der Waals surface area contributed by atoms with Crippen LogP contribution < -0.4 is 0 Å². The summed E-state index contributed by atoms with van der Waals surface area (Å²) in [7, 11) is 1.15. The van der Waals surface area contributed by atoms with E-state index < -0.39 is 30.6 Å². The molecule has 0 amide bonds. The average molecular weight is 224 g/mol. The average Bonchev–Trinajstić information content (AvgIpc) is 2.14. The molecule has 7 heteroatoms. The van der Waals surface area contributed by atoms with Gasteiger partial charge in [0.05, 0.1) is 19.1 Å². The minimum absolute atomic E-state index is 0.139. The minimum Gasteiger partial charge on any atom is -0.481 e. The molecule has 0 rings (SSSR count). The maximum Gasteiger partial charge on any atom is 0.333 e. The lowest BCUT2D eigenvalue weighted by Crippen LogP contribution is -2.25. The monoisotopic (exact) mass is 224 g/mol. The molecule has 2 unspecified atom stereocenters. The molecule has 15 heavy (non-hydrogen) atoms. The summed E-state index contributed by atoms with van der Waals surface area (Å²) in [6.07, 6.45) is -2.31. The summed E-state index contributed by atoms with van der Waals surface area (Å²) in [6.45, 7) is 1.39. The van der Waals surface area contributed by atoms with Crippen LogP contribution in [0.3, 0.4) is 0 Å². The van der Waals surface area contributed by atoms with E-state index >= 15 is 0 Å². The van der Waals surface area contributed by atoms with Gasteiger partial charge in [-0.05, 0) is 6.92 Å². The van der Waals surface area contributed by atoms with Crippen LogP contribution in [-0.2, 0) is 14.3 Å². The molecule has 4 N–H and O–H groups in total. The highest BCUT2D eigenvalue weighted by molar-refractivity contribution is 5.79. The minimum atomic E-state index is -1.26. The molecule has 0 aromatic carbocycles. The SMILES string of the molecule is CC(O)CO.COC(CC(=O)O)C(=O)O. The fraction of sp³-hybridized carbons (Fsp3) is 0.750. The van der Waals surface area contributed by atoms with E-state index in [9.17, 15) is 9.59 Å². The Bertz CT molecular complexity index is 189. The Morgan fingerprint density at radius 3 is 1.80 bits per heavy atom. The van der Waals surface area contributed by atoms with E-state index in [4.69, 9.17) is 20.4 Å². The first kappa shape index (κ1) is 16.3. The highest BCUT2D eigenvalue weighted by Crippen LogP contribution is 1.95. The Morgan fingerprint density at radius 1 is 1.33 bits per heavy atom. The number of carboxylic acid groups (broad SMARTS) is 2. The van der Waals surface area contributed by atoms with E-state index in [1.165, 1.54) is 6.92 Å². The molecule has 0 radical (unpaired) electrons. The van der Waals surface area contributed by atoms with Gasteiger partial charge >= 0.3 is 11.9 Å². The van der Waals surface area contributed by atoms with Crippen LogP contribution >= 0.6 is 0 Å². The lowest BCUT2D eigenvalue weighted by atomic mass is 10.2. The van der Waals surface area contributed by atoms with E-state index in [0.29, 0.717) is 0 Å². The van der Waals surface area contributed by atoms with Gasteiger partial charge in [-0.25, -0.2) is 4.79 Å². The molecule has 0 saturated heterocycles. The molecule has 0 heterocycles. The lowest BCUT2D eigenvalue weighted by Gasteiger charge is -2.05. The molecule has 7 nitrogen and oxygen atoms in total. The van der Waals surface area contributed by atoms with Gasteiger partial charge in [0, 0.05) is 7.11 Å². The van der Waals surface area contributed by atoms with Crippen molar-refractivity contribution in [2.75, 3.05) is 13.7 Å². The van der Waals surface area contributed by atoms with Gasteiger partial charge < -0.3 is 25.2 Å². The van der Waals surface area contributed by atoms with Crippen molar-refractivity contribution in [2.45, 2.75) is 25.6 Å². The standard InChI is InChI=1S/C5H8O5.C3H8O2/c1-10-3(5(8)9)2-4(6)7;1-3(5)2-4/h3H,2H2,1H3,(H,6,7)(H,8,9);3-5H,2H2,1H3. The zero-order chi connectivity index (χ0) is 12.4. The number of aliphatic carboxylic acids is 2. The Labute approximate surface area is 86.9 Å². The first-order valence-corrected chi connectivity index (χ1v) is 4.11. The van der Waals surface area contributed by atoms with Crippen LogP contribution in [0, 0.1) is 0 Å². The fourth-order valence-electron chi connectivity index (χ4n) is 0.430. The third-order valence-corrected chi connectivity index (χ3v) is 1.18. The topological polar surface area (TPSA) is 124 Å². The summed E-state index contributed by atoms with van der Waals surface area (Å²) in [6, 6.07) is 0. The van der Waals surface area contributed by atoms with E-state index in [0.717, 1.165) is 7.11 Å². The quantitative estimate of drug-likeness (QED) is 0.468. The molecular weight excluding hydrogens is 208 g/mol. The second-order valence-electron chi connectivity index (χ2n) is 2.69. The maximum absolute atomic E-state index is 10.1. The number of carboxylic acids is 2. The fourth-order valence-corrected chi connectivity index (χ4v) is 0.430. The molecule has 0 aliphatic heterocycles. The number of aliphatic hydroxyl groups excluding tert-OH is 2. The van der Waals surface area contributed by atoms with Crippen molar-refractivity contribution in [2.24, 2.45) is 0 Å². The zero-order valence-corrected chi connectivity index (χ0v) is 8.58. The van der Waals surface area contributed by atoms with Crippen molar-refractivity contribution >= 4 is 11.9 Å². The largest absolute Gasteiger partial charge is 0.481 e. The van der Waals surface area contributed by atoms with Gasteiger partial charge in [0.1, 0.15) is 0 Å². The van der Waals surface area contributed by atoms with Crippen molar-refractivity contribution < 1.29 is 34.8 Å². The van der Waals surface area contributed by atoms with Crippen LogP contribution in [0.1, 0.15) is 13.3 Å². The lowest BCUT2D eigenvalue weighted by molar-refractivity contribution is -0.154. The van der Waals surface area contributed by atoms with E-state index in [1.807, 2.05) is 0 Å². The van der Waals surface area contributed by atoms with Crippen molar-refractivity contribution in [3.63, 3.8) is 0 Å². The number of carbonyl (C=O) groups is 2. The molecule has 0 aromatic rings. The van der Waals surface area contributed by atoms with Gasteiger partial charge in [-0.15, -0.1) is 0 Å². The summed E-state index contributed by atoms with van der Waals surface area (Å²) < 4.78 is 4.34. The summed E-state index contributed by atoms with van der Waals surface area (Å²) in [5.41, 5.74) is 0. The summed E-state index contributed by atoms with van der Waals surface area (Å²) in [5.74, 6) is -2.45. The summed E-state index contributed by atoms with van der Waals surface area (Å²) in [4.78, 5) is 20.0. The molecule has 0 fully saturated rings. The number of ether oxygens (including phenoxy) is 1. The number of hydrogen-bond donors (Lipinski definition) is 4. The molecule has 2 atom stereocenters. The van der Waals surface area contributed by atoms with Crippen molar-refractivity contribution in [1.82, 2.24) is 0 Å². The second-order valence-corrected chi connectivity index (χ2v) is 2.69. The van der Waals surface area contributed by atoms with Crippen LogP contribution in [0.5, 0.6) is 0 Å². The van der Waals surface area contributed by atoms with Crippen LogP contribution in [0.4, 0.5) is 0 Å². The predicted molar refractivity (Wildman–Crippen MR) is 49.5 cm³/mol. The van der Waals surface area contributed by atoms with Crippen LogP contribution in [0.15, 0.2) is 0 Å². The normalized spacial score (nSPS) is 13.3. The number of hydrogen-bond acceptors (Lipinski definition) is 5. The van der Waals surface area contributed by atoms with E-state index in [-0.39, 0.29) is 6.61 Å². The van der Waals surface area contributed by atoms with Gasteiger partial charge in [-0.2, -0.15) is 0 Å². The molecule has 0 aliphatic rings. The molecule has 0 aliphatic carbocycles. The molecule has 0 spiro atoms. The third-order valence-electron chi connectivity index (χ3n) is 1.18.